The van der Waals surface area contributed by atoms with Crippen LogP contribution in [0.3, 0.4) is 0 Å². The first kappa shape index (κ1) is 57.9. The van der Waals surface area contributed by atoms with Crippen molar-refractivity contribution in [1.82, 2.24) is 0 Å². The van der Waals surface area contributed by atoms with Gasteiger partial charge in [-0.05, 0) is 77.0 Å². The van der Waals surface area contributed by atoms with E-state index in [1.807, 2.05) is 0 Å². The van der Waals surface area contributed by atoms with Crippen LogP contribution in [-0.4, -0.2) is 37.2 Å². The summed E-state index contributed by atoms with van der Waals surface area (Å²) in [5, 5.41) is 0. The normalized spacial score (nSPS) is 12.6. The van der Waals surface area contributed by atoms with Crippen LogP contribution in [0.5, 0.6) is 0 Å². The quantitative estimate of drug-likeness (QED) is 0.0263. The van der Waals surface area contributed by atoms with Gasteiger partial charge in [0.15, 0.2) is 6.10 Å². The van der Waals surface area contributed by atoms with Crippen molar-refractivity contribution in [2.24, 2.45) is 0 Å². The van der Waals surface area contributed by atoms with Crippen molar-refractivity contribution < 1.29 is 28.6 Å². The Morgan fingerprint density at radius 2 is 0.672 bits per heavy atom. The predicted molar refractivity (Wildman–Crippen MR) is 261 cm³/mol. The third-order valence-electron chi connectivity index (χ3n) is 10.7. The molecule has 0 saturated carbocycles. The van der Waals surface area contributed by atoms with Crippen LogP contribution in [0.15, 0.2) is 72.9 Å². The standard InChI is InChI=1S/C55H94O6/c1-4-7-10-13-16-19-22-24-26-27-29-30-33-36-39-42-45-48-54(57)60-51-52(50-59-53(56)47-44-41-38-35-32-21-18-15-12-9-6-3)61-55(58)49-46-43-40-37-34-31-28-25-23-20-17-14-11-8-5-2/h7,10,15-16,18-19,24,26,29-30,36,39,52H,4-6,8-9,11-14,17,20-23,25,27-28,31-35,37-38,40-51H2,1-3H3/b10-7-,18-15-,19-16-,26-24-,30-29-,39-36-/t52-/m1/s1. The molecule has 0 amide bonds. The summed E-state index contributed by atoms with van der Waals surface area (Å²) in [5.74, 6) is -0.963. The van der Waals surface area contributed by atoms with E-state index < -0.39 is 6.10 Å². The lowest BCUT2D eigenvalue weighted by molar-refractivity contribution is -0.167. The van der Waals surface area contributed by atoms with E-state index in [1.165, 1.54) is 103 Å². The zero-order valence-corrected chi connectivity index (χ0v) is 39.9. The van der Waals surface area contributed by atoms with Crippen LogP contribution >= 0.6 is 0 Å². The number of esters is 3. The van der Waals surface area contributed by atoms with E-state index >= 15 is 0 Å². The van der Waals surface area contributed by atoms with Crippen LogP contribution in [0.4, 0.5) is 0 Å². The SMILES string of the molecule is CC/C=C\C/C=C\C/C=C\C/C=C\C/C=C\CCCC(=O)OC[C@@H](COC(=O)CCCCCCC/C=C\CCCC)OC(=O)CCCCCCCCCCCCCCCCC. The lowest BCUT2D eigenvalue weighted by Crippen LogP contribution is -2.30. The Bertz CT molecular complexity index is 1160. The molecule has 0 rings (SSSR count). The summed E-state index contributed by atoms with van der Waals surface area (Å²) in [7, 11) is 0. The number of hydrogen-bond acceptors (Lipinski definition) is 6. The predicted octanol–water partition coefficient (Wildman–Crippen LogP) is 16.6. The number of carbonyl (C=O) groups excluding carboxylic acids is 3. The van der Waals surface area contributed by atoms with Gasteiger partial charge >= 0.3 is 17.9 Å². The molecule has 0 fully saturated rings. The Kier molecular flexibility index (Phi) is 46.9. The molecule has 1 atom stereocenters. The largest absolute Gasteiger partial charge is 0.462 e. The minimum absolute atomic E-state index is 0.0961. The fourth-order valence-electron chi connectivity index (χ4n) is 6.87. The first-order chi connectivity index (χ1) is 30.0. The fourth-order valence-corrected chi connectivity index (χ4v) is 6.87. The maximum Gasteiger partial charge on any atom is 0.306 e. The molecule has 0 spiro atoms. The topological polar surface area (TPSA) is 78.9 Å². The molecule has 0 radical (unpaired) electrons. The monoisotopic (exact) mass is 851 g/mol. The molecule has 0 aliphatic heterocycles. The second kappa shape index (κ2) is 49.5. The Hall–Kier alpha value is -3.15. The van der Waals surface area contributed by atoms with Gasteiger partial charge < -0.3 is 14.2 Å². The van der Waals surface area contributed by atoms with E-state index in [-0.39, 0.29) is 37.5 Å². The van der Waals surface area contributed by atoms with E-state index in [0.29, 0.717) is 19.3 Å². The number of allylic oxidation sites excluding steroid dienone is 12. The maximum absolute atomic E-state index is 12.8. The molecule has 350 valence electrons. The molecule has 0 heterocycles. The number of carbonyl (C=O) groups is 3. The van der Waals surface area contributed by atoms with Gasteiger partial charge in [-0.1, -0.05) is 216 Å². The zero-order valence-electron chi connectivity index (χ0n) is 39.9. The van der Waals surface area contributed by atoms with Crippen molar-refractivity contribution in [2.45, 2.75) is 245 Å². The number of unbranched alkanes of at least 4 members (excludes halogenated alkanes) is 22. The second-order valence-corrected chi connectivity index (χ2v) is 16.7. The highest BCUT2D eigenvalue weighted by Crippen LogP contribution is 2.15. The van der Waals surface area contributed by atoms with Crippen molar-refractivity contribution in [3.8, 4) is 0 Å². The molecule has 0 N–H and O–H groups in total. The summed E-state index contributed by atoms with van der Waals surface area (Å²) in [5.41, 5.74) is 0. The Balaban J connectivity index is 4.46. The van der Waals surface area contributed by atoms with Crippen LogP contribution < -0.4 is 0 Å². The Morgan fingerprint density at radius 1 is 0.344 bits per heavy atom. The first-order valence-electron chi connectivity index (χ1n) is 25.4. The van der Waals surface area contributed by atoms with E-state index in [2.05, 4.69) is 93.7 Å². The lowest BCUT2D eigenvalue weighted by atomic mass is 10.0. The molecule has 0 unspecified atom stereocenters. The van der Waals surface area contributed by atoms with Gasteiger partial charge in [-0.25, -0.2) is 0 Å². The summed E-state index contributed by atoms with van der Waals surface area (Å²) in [4.78, 5) is 37.9. The molecular weight excluding hydrogens is 757 g/mol. The van der Waals surface area contributed by atoms with Crippen LogP contribution in [0, 0.1) is 0 Å². The number of rotatable bonds is 45. The highest BCUT2D eigenvalue weighted by molar-refractivity contribution is 5.71. The van der Waals surface area contributed by atoms with Gasteiger partial charge in [-0.2, -0.15) is 0 Å². The van der Waals surface area contributed by atoms with E-state index in [1.54, 1.807) is 0 Å². The third kappa shape index (κ3) is 47.7. The Morgan fingerprint density at radius 3 is 1.13 bits per heavy atom. The molecule has 6 heteroatoms. The maximum atomic E-state index is 12.8. The van der Waals surface area contributed by atoms with Gasteiger partial charge in [0, 0.05) is 19.3 Å². The summed E-state index contributed by atoms with van der Waals surface area (Å²) in [6.45, 7) is 6.43. The smallest absolute Gasteiger partial charge is 0.306 e. The molecule has 0 aromatic carbocycles. The minimum atomic E-state index is -0.798. The molecule has 0 saturated heterocycles. The molecular formula is C55H94O6. The van der Waals surface area contributed by atoms with Gasteiger partial charge in [-0.15, -0.1) is 0 Å². The lowest BCUT2D eigenvalue weighted by Gasteiger charge is -2.18. The zero-order chi connectivity index (χ0) is 44.4. The van der Waals surface area contributed by atoms with Crippen molar-refractivity contribution in [2.75, 3.05) is 13.2 Å². The summed E-state index contributed by atoms with van der Waals surface area (Å²) < 4.78 is 16.7. The molecule has 0 aliphatic rings. The summed E-state index contributed by atoms with van der Waals surface area (Å²) in [6, 6.07) is 0. The second-order valence-electron chi connectivity index (χ2n) is 16.7. The highest BCUT2D eigenvalue weighted by Gasteiger charge is 2.19. The first-order valence-corrected chi connectivity index (χ1v) is 25.4. The molecule has 0 aromatic rings. The van der Waals surface area contributed by atoms with Crippen molar-refractivity contribution in [3.63, 3.8) is 0 Å². The molecule has 0 bridgehead atoms. The summed E-state index contributed by atoms with van der Waals surface area (Å²) >= 11 is 0. The highest BCUT2D eigenvalue weighted by atomic mass is 16.6. The molecule has 61 heavy (non-hydrogen) atoms. The fraction of sp³-hybridized carbons (Fsp3) is 0.727. The van der Waals surface area contributed by atoms with Gasteiger partial charge in [0.1, 0.15) is 13.2 Å². The number of hydrogen-bond donors (Lipinski definition) is 0. The van der Waals surface area contributed by atoms with E-state index in [0.717, 1.165) is 89.9 Å². The van der Waals surface area contributed by atoms with Crippen molar-refractivity contribution in [3.05, 3.63) is 72.9 Å². The minimum Gasteiger partial charge on any atom is -0.462 e. The molecule has 0 aromatic heterocycles. The van der Waals surface area contributed by atoms with Gasteiger partial charge in [0.05, 0.1) is 0 Å². The van der Waals surface area contributed by atoms with Crippen molar-refractivity contribution in [1.29, 1.82) is 0 Å². The van der Waals surface area contributed by atoms with Gasteiger partial charge in [-0.3, -0.25) is 14.4 Å². The Labute approximate surface area is 376 Å². The van der Waals surface area contributed by atoms with Crippen LogP contribution in [-0.2, 0) is 28.6 Å². The average molecular weight is 851 g/mol. The average Bonchev–Trinajstić information content (AvgIpc) is 3.26. The van der Waals surface area contributed by atoms with Crippen molar-refractivity contribution >= 4 is 17.9 Å². The molecule has 0 aliphatic carbocycles. The summed E-state index contributed by atoms with van der Waals surface area (Å²) in [6.07, 6.45) is 61.8. The van der Waals surface area contributed by atoms with Gasteiger partial charge in [0.25, 0.3) is 0 Å². The molecule has 6 nitrogen and oxygen atoms in total. The third-order valence-corrected chi connectivity index (χ3v) is 10.7. The van der Waals surface area contributed by atoms with Gasteiger partial charge in [0.2, 0.25) is 0 Å². The van der Waals surface area contributed by atoms with E-state index in [4.69, 9.17) is 14.2 Å². The van der Waals surface area contributed by atoms with Crippen LogP contribution in [0.2, 0.25) is 0 Å². The van der Waals surface area contributed by atoms with E-state index in [9.17, 15) is 14.4 Å². The van der Waals surface area contributed by atoms with Crippen LogP contribution in [0.25, 0.3) is 0 Å². The van der Waals surface area contributed by atoms with Crippen LogP contribution in [0.1, 0.15) is 239 Å². The number of ether oxygens (including phenoxy) is 3.